The maximum atomic E-state index is 11.7. The summed E-state index contributed by atoms with van der Waals surface area (Å²) in [6.07, 6.45) is -0.355. The molecule has 0 spiro atoms. The molecule has 1 aliphatic heterocycles. The van der Waals surface area contributed by atoms with Gasteiger partial charge in [0.1, 0.15) is 18.1 Å². The van der Waals surface area contributed by atoms with Gasteiger partial charge < -0.3 is 20.1 Å². The summed E-state index contributed by atoms with van der Waals surface area (Å²) in [5, 5.41) is 27.9. The number of pyridine rings is 1. The second-order valence-corrected chi connectivity index (χ2v) is 5.03. The van der Waals surface area contributed by atoms with Crippen LogP contribution in [0.5, 0.6) is 5.75 Å². The van der Waals surface area contributed by atoms with Crippen molar-refractivity contribution in [3.8, 4) is 5.75 Å². The maximum absolute atomic E-state index is 11.7. The van der Waals surface area contributed by atoms with E-state index >= 15 is 0 Å². The van der Waals surface area contributed by atoms with Crippen molar-refractivity contribution in [1.82, 2.24) is 4.57 Å². The second kappa shape index (κ2) is 4.92. The van der Waals surface area contributed by atoms with E-state index in [1.165, 1.54) is 10.8 Å². The van der Waals surface area contributed by atoms with Crippen LogP contribution in [0.25, 0.3) is 0 Å². The number of aliphatic hydroxyl groups is 2. The monoisotopic (exact) mass is 353 g/mol. The van der Waals surface area contributed by atoms with Crippen LogP contribution in [0.4, 0.5) is 0 Å². The molecule has 0 aromatic carbocycles. The van der Waals surface area contributed by atoms with E-state index in [9.17, 15) is 15.0 Å². The number of ether oxygens (including phenoxy) is 1. The van der Waals surface area contributed by atoms with Gasteiger partial charge in [0.2, 0.25) is 0 Å². The highest BCUT2D eigenvalue weighted by Crippen LogP contribution is 2.28. The van der Waals surface area contributed by atoms with E-state index in [1.54, 1.807) is 0 Å². The molecule has 3 N–H and O–H groups in total. The quantitative estimate of drug-likeness (QED) is 0.641. The van der Waals surface area contributed by atoms with Crippen LogP contribution in [0.15, 0.2) is 17.1 Å². The van der Waals surface area contributed by atoms with Gasteiger partial charge in [-0.2, -0.15) is 0 Å². The van der Waals surface area contributed by atoms with Gasteiger partial charge >= 0.3 is 0 Å². The minimum atomic E-state index is -0.789. The molecule has 2 rings (SSSR count). The summed E-state index contributed by atoms with van der Waals surface area (Å²) < 4.78 is 7.19. The molecule has 1 fully saturated rings. The summed E-state index contributed by atoms with van der Waals surface area (Å²) in [6, 6.07) is 1.10. The van der Waals surface area contributed by atoms with E-state index < -0.39 is 24.0 Å². The van der Waals surface area contributed by atoms with Crippen LogP contribution in [-0.4, -0.2) is 38.7 Å². The highest BCUT2D eigenvalue weighted by atomic mass is 127. The summed E-state index contributed by atoms with van der Waals surface area (Å²) in [5.41, 5.74) is -0.404. The molecule has 0 radical (unpaired) electrons. The highest BCUT2D eigenvalue weighted by Gasteiger charge is 2.34. The third kappa shape index (κ3) is 2.46. The van der Waals surface area contributed by atoms with E-state index in [1.807, 2.05) is 22.6 Å². The summed E-state index contributed by atoms with van der Waals surface area (Å²) in [6.45, 7) is -0.290. The number of hydrogen-bond acceptors (Lipinski definition) is 5. The van der Waals surface area contributed by atoms with E-state index in [-0.39, 0.29) is 18.8 Å². The lowest BCUT2D eigenvalue weighted by Crippen LogP contribution is -2.25. The van der Waals surface area contributed by atoms with Crippen LogP contribution < -0.4 is 5.56 Å². The molecule has 0 aliphatic carbocycles. The Bertz CT molecular complexity index is 474. The van der Waals surface area contributed by atoms with Crippen LogP contribution in [0.3, 0.4) is 0 Å². The van der Waals surface area contributed by atoms with Gasteiger partial charge in [0.05, 0.1) is 16.3 Å². The lowest BCUT2D eigenvalue weighted by molar-refractivity contribution is -0.0455. The van der Waals surface area contributed by atoms with Gasteiger partial charge in [0, 0.05) is 18.7 Å². The fourth-order valence-electron chi connectivity index (χ4n) is 1.79. The van der Waals surface area contributed by atoms with Crippen molar-refractivity contribution in [2.24, 2.45) is 0 Å². The molecule has 94 valence electrons. The molecule has 2 heterocycles. The van der Waals surface area contributed by atoms with Gasteiger partial charge in [0.15, 0.2) is 0 Å². The van der Waals surface area contributed by atoms with Crippen LogP contribution in [-0.2, 0) is 4.74 Å². The SMILES string of the molecule is O=c1cc(O)c(I)cn1[C@@H]1C[C@H](O)[C@@H](CO)O1. The van der Waals surface area contributed by atoms with Crippen molar-refractivity contribution in [3.63, 3.8) is 0 Å². The molecular formula is C10H12INO5. The largest absolute Gasteiger partial charge is 0.507 e. The third-order valence-corrected chi connectivity index (χ3v) is 3.54. The molecule has 0 unspecified atom stereocenters. The molecule has 3 atom stereocenters. The first kappa shape index (κ1) is 12.8. The highest BCUT2D eigenvalue weighted by molar-refractivity contribution is 14.1. The maximum Gasteiger partial charge on any atom is 0.256 e. The van der Waals surface area contributed by atoms with Crippen molar-refractivity contribution in [2.45, 2.75) is 24.9 Å². The predicted octanol–water partition coefficient (Wildman–Crippen LogP) is -0.201. The molecule has 7 heteroatoms. The number of aromatic hydroxyl groups is 1. The fourth-order valence-corrected chi connectivity index (χ4v) is 2.24. The van der Waals surface area contributed by atoms with Crippen molar-refractivity contribution in [2.75, 3.05) is 6.61 Å². The second-order valence-electron chi connectivity index (χ2n) is 3.87. The Morgan fingerprint density at radius 1 is 1.59 bits per heavy atom. The van der Waals surface area contributed by atoms with Gasteiger partial charge in [0.25, 0.3) is 5.56 Å². The Balaban J connectivity index is 2.30. The Kier molecular flexibility index (Phi) is 3.71. The van der Waals surface area contributed by atoms with Crippen LogP contribution in [0.2, 0.25) is 0 Å². The van der Waals surface area contributed by atoms with Gasteiger partial charge in [-0.15, -0.1) is 0 Å². The number of rotatable bonds is 2. The van der Waals surface area contributed by atoms with Crippen molar-refractivity contribution >= 4 is 22.6 Å². The fraction of sp³-hybridized carbons (Fsp3) is 0.500. The molecule has 0 bridgehead atoms. The minimum Gasteiger partial charge on any atom is -0.507 e. The molecule has 17 heavy (non-hydrogen) atoms. The lowest BCUT2D eigenvalue weighted by Gasteiger charge is -2.15. The standard InChI is InChI=1S/C10H12INO5/c11-5-3-12(9(16)1-6(5)14)10-2-7(15)8(4-13)17-10/h1,3,7-8,10,13-15H,2,4H2/t7-,8+,10-/m0/s1. The Labute approximate surface area is 111 Å². The van der Waals surface area contributed by atoms with E-state index in [4.69, 9.17) is 9.84 Å². The van der Waals surface area contributed by atoms with Gasteiger partial charge in [-0.3, -0.25) is 9.36 Å². The van der Waals surface area contributed by atoms with E-state index in [2.05, 4.69) is 0 Å². The number of hydrogen-bond donors (Lipinski definition) is 3. The number of nitrogens with zero attached hydrogens (tertiary/aromatic N) is 1. The number of aromatic nitrogens is 1. The predicted molar refractivity (Wildman–Crippen MR) is 66.7 cm³/mol. The molecule has 1 aromatic rings. The zero-order chi connectivity index (χ0) is 12.6. The first-order valence-electron chi connectivity index (χ1n) is 5.08. The van der Waals surface area contributed by atoms with Crippen LogP contribution in [0.1, 0.15) is 12.6 Å². The normalized spacial score (nSPS) is 28.5. The van der Waals surface area contributed by atoms with Crippen molar-refractivity contribution in [1.29, 1.82) is 0 Å². The number of halogens is 1. The zero-order valence-corrected chi connectivity index (χ0v) is 10.9. The minimum absolute atomic E-state index is 0.0795. The Hall–Kier alpha value is -0.640. The van der Waals surface area contributed by atoms with Gasteiger partial charge in [-0.05, 0) is 22.6 Å². The summed E-state index contributed by atoms with van der Waals surface area (Å²) in [5.74, 6) is -0.0795. The molecule has 0 amide bonds. The number of aliphatic hydroxyl groups excluding tert-OH is 2. The lowest BCUT2D eigenvalue weighted by atomic mass is 10.2. The van der Waals surface area contributed by atoms with E-state index in [0.717, 1.165) is 6.07 Å². The van der Waals surface area contributed by atoms with E-state index in [0.29, 0.717) is 3.57 Å². The molecule has 0 saturated carbocycles. The summed E-state index contributed by atoms with van der Waals surface area (Å²) in [7, 11) is 0. The van der Waals surface area contributed by atoms with Crippen LogP contribution >= 0.6 is 22.6 Å². The third-order valence-electron chi connectivity index (χ3n) is 2.71. The average Bonchev–Trinajstić information content (AvgIpc) is 2.65. The topological polar surface area (TPSA) is 91.9 Å². The van der Waals surface area contributed by atoms with Crippen molar-refractivity contribution < 1.29 is 20.1 Å². The average molecular weight is 353 g/mol. The zero-order valence-electron chi connectivity index (χ0n) is 8.78. The summed E-state index contributed by atoms with van der Waals surface area (Å²) >= 11 is 1.90. The molecule has 6 nitrogen and oxygen atoms in total. The Morgan fingerprint density at radius 3 is 2.88 bits per heavy atom. The Morgan fingerprint density at radius 2 is 2.29 bits per heavy atom. The van der Waals surface area contributed by atoms with Crippen LogP contribution in [0, 0.1) is 3.57 Å². The van der Waals surface area contributed by atoms with Crippen molar-refractivity contribution in [3.05, 3.63) is 26.2 Å². The first-order valence-corrected chi connectivity index (χ1v) is 6.16. The molecule has 1 aromatic heterocycles. The van der Waals surface area contributed by atoms with Gasteiger partial charge in [-0.1, -0.05) is 0 Å². The molecule has 1 saturated heterocycles. The first-order chi connectivity index (χ1) is 8.02. The molecule has 1 aliphatic rings. The summed E-state index contributed by atoms with van der Waals surface area (Å²) in [4.78, 5) is 11.7. The van der Waals surface area contributed by atoms with Gasteiger partial charge in [-0.25, -0.2) is 0 Å². The molecular weight excluding hydrogens is 341 g/mol. The smallest absolute Gasteiger partial charge is 0.256 e.